The van der Waals surface area contributed by atoms with Crippen LogP contribution in [0.5, 0.6) is 5.88 Å². The molecule has 1 aromatic rings. The fourth-order valence-electron chi connectivity index (χ4n) is 1.17. The van der Waals surface area contributed by atoms with Crippen molar-refractivity contribution in [2.75, 3.05) is 24.2 Å². The van der Waals surface area contributed by atoms with Gasteiger partial charge in [0.15, 0.2) is 0 Å². The van der Waals surface area contributed by atoms with Crippen LogP contribution >= 0.6 is 0 Å². The molecule has 0 amide bonds. The van der Waals surface area contributed by atoms with Crippen LogP contribution < -0.4 is 15.8 Å². The standard InChI is InChI=1S/C8H11N3O/c9-6-4-7-8(11-5-6)12-3-1-2-10-7/h4-5,10H,1-3,9H2. The van der Waals surface area contributed by atoms with Gasteiger partial charge in [0, 0.05) is 6.54 Å². The molecule has 12 heavy (non-hydrogen) atoms. The van der Waals surface area contributed by atoms with E-state index in [-0.39, 0.29) is 0 Å². The van der Waals surface area contributed by atoms with Crippen LogP contribution in [-0.2, 0) is 0 Å². The summed E-state index contributed by atoms with van der Waals surface area (Å²) in [5.41, 5.74) is 7.13. The highest BCUT2D eigenvalue weighted by Crippen LogP contribution is 2.25. The molecule has 0 aliphatic carbocycles. The molecule has 1 aliphatic heterocycles. The lowest BCUT2D eigenvalue weighted by Gasteiger charge is -2.05. The van der Waals surface area contributed by atoms with Gasteiger partial charge in [0.1, 0.15) is 0 Å². The first-order valence-electron chi connectivity index (χ1n) is 3.98. The van der Waals surface area contributed by atoms with Gasteiger partial charge in [0.05, 0.1) is 24.2 Å². The van der Waals surface area contributed by atoms with Crippen molar-refractivity contribution in [3.8, 4) is 5.88 Å². The van der Waals surface area contributed by atoms with Crippen molar-refractivity contribution in [2.24, 2.45) is 0 Å². The number of anilines is 2. The summed E-state index contributed by atoms with van der Waals surface area (Å²) in [5, 5.41) is 3.20. The molecule has 64 valence electrons. The minimum absolute atomic E-state index is 0.654. The highest BCUT2D eigenvalue weighted by Gasteiger charge is 2.08. The van der Waals surface area contributed by atoms with Gasteiger partial charge in [-0.05, 0) is 12.5 Å². The highest BCUT2D eigenvalue weighted by molar-refractivity contribution is 5.59. The monoisotopic (exact) mass is 165 g/mol. The maximum absolute atomic E-state index is 5.57. The minimum atomic E-state index is 0.654. The van der Waals surface area contributed by atoms with Crippen LogP contribution in [0.25, 0.3) is 0 Å². The van der Waals surface area contributed by atoms with E-state index in [0.29, 0.717) is 11.6 Å². The molecule has 0 spiro atoms. The van der Waals surface area contributed by atoms with Gasteiger partial charge in [0.2, 0.25) is 5.88 Å². The Kier molecular flexibility index (Phi) is 1.74. The molecular weight excluding hydrogens is 154 g/mol. The van der Waals surface area contributed by atoms with Crippen molar-refractivity contribution in [3.63, 3.8) is 0 Å². The maximum atomic E-state index is 5.57. The van der Waals surface area contributed by atoms with Crippen LogP contribution in [0.4, 0.5) is 11.4 Å². The van der Waals surface area contributed by atoms with Crippen molar-refractivity contribution in [2.45, 2.75) is 6.42 Å². The number of nitrogens with two attached hydrogens (primary N) is 1. The van der Waals surface area contributed by atoms with Gasteiger partial charge in [-0.15, -0.1) is 0 Å². The molecule has 2 rings (SSSR count). The first-order valence-corrected chi connectivity index (χ1v) is 3.98. The number of nitrogens with zero attached hydrogens (tertiary/aromatic N) is 1. The molecule has 2 heterocycles. The molecule has 0 saturated heterocycles. The van der Waals surface area contributed by atoms with E-state index >= 15 is 0 Å². The summed E-state index contributed by atoms with van der Waals surface area (Å²) >= 11 is 0. The summed E-state index contributed by atoms with van der Waals surface area (Å²) in [6, 6.07) is 1.84. The van der Waals surface area contributed by atoms with E-state index in [4.69, 9.17) is 10.5 Å². The van der Waals surface area contributed by atoms with Crippen LogP contribution in [-0.4, -0.2) is 18.1 Å². The molecule has 0 unspecified atom stereocenters. The number of hydrogen-bond acceptors (Lipinski definition) is 4. The molecular formula is C8H11N3O. The van der Waals surface area contributed by atoms with Crippen LogP contribution in [0.3, 0.4) is 0 Å². The molecule has 0 saturated carbocycles. The highest BCUT2D eigenvalue weighted by atomic mass is 16.5. The zero-order valence-corrected chi connectivity index (χ0v) is 6.71. The summed E-state index contributed by atoms with van der Waals surface area (Å²) in [6.07, 6.45) is 2.60. The number of fused-ring (bicyclic) bond motifs is 1. The van der Waals surface area contributed by atoms with Gasteiger partial charge in [-0.1, -0.05) is 0 Å². The van der Waals surface area contributed by atoms with E-state index in [9.17, 15) is 0 Å². The van der Waals surface area contributed by atoms with Crippen LogP contribution in [0, 0.1) is 0 Å². The molecule has 1 aromatic heterocycles. The van der Waals surface area contributed by atoms with Gasteiger partial charge in [-0.2, -0.15) is 0 Å². The Morgan fingerprint density at radius 1 is 1.58 bits per heavy atom. The lowest BCUT2D eigenvalue weighted by Crippen LogP contribution is -2.00. The fraction of sp³-hybridized carbons (Fsp3) is 0.375. The molecule has 0 fully saturated rings. The second kappa shape index (κ2) is 2.89. The lowest BCUT2D eigenvalue weighted by atomic mass is 10.3. The average molecular weight is 165 g/mol. The number of rotatable bonds is 0. The van der Waals surface area contributed by atoms with Crippen LogP contribution in [0.1, 0.15) is 6.42 Å². The first-order chi connectivity index (χ1) is 5.86. The van der Waals surface area contributed by atoms with Crippen molar-refractivity contribution in [1.82, 2.24) is 4.98 Å². The molecule has 0 bridgehead atoms. The smallest absolute Gasteiger partial charge is 0.237 e. The number of hydrogen-bond donors (Lipinski definition) is 2. The topological polar surface area (TPSA) is 60.2 Å². The largest absolute Gasteiger partial charge is 0.476 e. The summed E-state index contributed by atoms with van der Waals surface area (Å²) < 4.78 is 5.37. The molecule has 4 nitrogen and oxygen atoms in total. The molecule has 3 N–H and O–H groups in total. The predicted octanol–water partition coefficient (Wildman–Crippen LogP) is 0.858. The van der Waals surface area contributed by atoms with Gasteiger partial charge < -0.3 is 15.8 Å². The minimum Gasteiger partial charge on any atom is -0.476 e. The third-order valence-corrected chi connectivity index (χ3v) is 1.75. The predicted molar refractivity (Wildman–Crippen MR) is 47.3 cm³/mol. The van der Waals surface area contributed by atoms with Crippen molar-refractivity contribution in [3.05, 3.63) is 12.3 Å². The summed E-state index contributed by atoms with van der Waals surface area (Å²) in [6.45, 7) is 1.63. The Morgan fingerprint density at radius 3 is 3.42 bits per heavy atom. The third-order valence-electron chi connectivity index (χ3n) is 1.75. The van der Waals surface area contributed by atoms with Crippen molar-refractivity contribution in [1.29, 1.82) is 0 Å². The fourth-order valence-corrected chi connectivity index (χ4v) is 1.17. The van der Waals surface area contributed by atoms with Gasteiger partial charge in [-0.3, -0.25) is 0 Å². The molecule has 0 radical (unpaired) electrons. The van der Waals surface area contributed by atoms with E-state index in [1.165, 1.54) is 0 Å². The van der Waals surface area contributed by atoms with Gasteiger partial charge in [0.25, 0.3) is 0 Å². The number of ether oxygens (including phenoxy) is 1. The molecule has 0 aromatic carbocycles. The number of pyridine rings is 1. The van der Waals surface area contributed by atoms with Gasteiger partial charge in [-0.25, -0.2) is 4.98 Å². The van der Waals surface area contributed by atoms with Crippen molar-refractivity contribution >= 4 is 11.4 Å². The van der Waals surface area contributed by atoms with Crippen LogP contribution in [0.15, 0.2) is 12.3 Å². The van der Waals surface area contributed by atoms with E-state index < -0.39 is 0 Å². The Labute approximate surface area is 70.7 Å². The summed E-state index contributed by atoms with van der Waals surface area (Å²) in [4.78, 5) is 4.07. The quantitative estimate of drug-likeness (QED) is 0.598. The third kappa shape index (κ3) is 1.28. The van der Waals surface area contributed by atoms with Crippen LogP contribution in [0.2, 0.25) is 0 Å². The van der Waals surface area contributed by atoms with Crippen molar-refractivity contribution < 1.29 is 4.74 Å². The zero-order chi connectivity index (χ0) is 8.39. The van der Waals surface area contributed by atoms with E-state index in [1.54, 1.807) is 6.20 Å². The summed E-state index contributed by atoms with van der Waals surface area (Å²) in [5.74, 6) is 0.654. The lowest BCUT2D eigenvalue weighted by molar-refractivity contribution is 0.311. The van der Waals surface area contributed by atoms with E-state index in [1.807, 2.05) is 6.07 Å². The Bertz CT molecular complexity index is 288. The Hall–Kier alpha value is -1.45. The average Bonchev–Trinajstić information content (AvgIpc) is 2.28. The second-order valence-corrected chi connectivity index (χ2v) is 2.75. The first kappa shape index (κ1) is 7.21. The van der Waals surface area contributed by atoms with E-state index in [2.05, 4.69) is 10.3 Å². The molecule has 1 aliphatic rings. The Morgan fingerprint density at radius 2 is 2.50 bits per heavy atom. The normalized spacial score (nSPS) is 15.3. The maximum Gasteiger partial charge on any atom is 0.237 e. The number of nitrogens with one attached hydrogen (secondary N) is 1. The molecule has 4 heteroatoms. The SMILES string of the molecule is Nc1cnc2c(c1)NCCCO2. The van der Waals surface area contributed by atoms with Gasteiger partial charge >= 0.3 is 0 Å². The molecule has 0 atom stereocenters. The number of aromatic nitrogens is 1. The second-order valence-electron chi connectivity index (χ2n) is 2.75. The van der Waals surface area contributed by atoms with E-state index in [0.717, 1.165) is 25.3 Å². The summed E-state index contributed by atoms with van der Waals surface area (Å²) in [7, 11) is 0. The zero-order valence-electron chi connectivity index (χ0n) is 6.71. The number of nitrogen functional groups attached to an aromatic ring is 1. The Balaban J connectivity index is 2.36.